The van der Waals surface area contributed by atoms with Crippen LogP contribution in [0.25, 0.3) is 0 Å². The summed E-state index contributed by atoms with van der Waals surface area (Å²) in [6, 6.07) is 0.467. The molecule has 1 heterocycles. The van der Waals surface area contributed by atoms with E-state index in [0.717, 1.165) is 0 Å². The van der Waals surface area contributed by atoms with Crippen LogP contribution in [0.3, 0.4) is 0 Å². The standard InChI is InChI=1S/C11H9F5INO3/c1-2-20-8(19)4-6-5(9(12)13)3-7(18-10(6)17)21-11(14,15)16/h3,9H,2,4H2,1H3. The first-order valence-corrected chi connectivity index (χ1v) is 6.60. The summed E-state index contributed by atoms with van der Waals surface area (Å²) in [4.78, 5) is 14.8. The maximum atomic E-state index is 12.9. The molecule has 1 aromatic heterocycles. The molecule has 0 spiro atoms. The fraction of sp³-hybridized carbons (Fsp3) is 0.455. The first-order valence-electron chi connectivity index (χ1n) is 5.52. The van der Waals surface area contributed by atoms with Gasteiger partial charge >= 0.3 is 12.3 Å². The van der Waals surface area contributed by atoms with Crippen LogP contribution < -0.4 is 4.74 Å². The van der Waals surface area contributed by atoms with Crippen LogP contribution in [0.2, 0.25) is 0 Å². The van der Waals surface area contributed by atoms with Gasteiger partial charge in [-0.1, -0.05) is 0 Å². The second-order valence-electron chi connectivity index (χ2n) is 3.65. The summed E-state index contributed by atoms with van der Waals surface area (Å²) in [5.74, 6) is -1.78. The minimum atomic E-state index is -5.04. The van der Waals surface area contributed by atoms with Crippen molar-refractivity contribution in [3.05, 3.63) is 20.9 Å². The molecule has 0 unspecified atom stereocenters. The van der Waals surface area contributed by atoms with Crippen LogP contribution in [-0.4, -0.2) is 23.9 Å². The zero-order valence-electron chi connectivity index (χ0n) is 10.5. The van der Waals surface area contributed by atoms with E-state index in [9.17, 15) is 26.7 Å². The monoisotopic (exact) mass is 425 g/mol. The van der Waals surface area contributed by atoms with E-state index in [4.69, 9.17) is 0 Å². The minimum Gasteiger partial charge on any atom is -0.466 e. The van der Waals surface area contributed by atoms with Crippen LogP contribution in [0.1, 0.15) is 24.5 Å². The molecule has 0 radical (unpaired) electrons. The number of hydrogen-bond donors (Lipinski definition) is 0. The molecule has 118 valence electrons. The van der Waals surface area contributed by atoms with E-state index in [1.165, 1.54) is 29.5 Å². The van der Waals surface area contributed by atoms with Gasteiger partial charge in [0.15, 0.2) is 0 Å². The highest BCUT2D eigenvalue weighted by Crippen LogP contribution is 2.31. The average molecular weight is 425 g/mol. The Labute approximate surface area is 129 Å². The fourth-order valence-corrected chi connectivity index (χ4v) is 2.17. The van der Waals surface area contributed by atoms with E-state index < -0.39 is 36.6 Å². The Morgan fingerprint density at radius 2 is 2.05 bits per heavy atom. The van der Waals surface area contributed by atoms with Gasteiger partial charge in [-0.25, -0.2) is 13.8 Å². The highest BCUT2D eigenvalue weighted by molar-refractivity contribution is 14.1. The van der Waals surface area contributed by atoms with Gasteiger partial charge in [-0.15, -0.1) is 13.2 Å². The number of alkyl halides is 5. The predicted octanol–water partition coefficient (Wildman–Crippen LogP) is 3.63. The maximum Gasteiger partial charge on any atom is 0.574 e. The summed E-state index contributed by atoms with van der Waals surface area (Å²) in [5, 5.41) is 0. The molecule has 21 heavy (non-hydrogen) atoms. The Kier molecular flexibility index (Phi) is 6.10. The van der Waals surface area contributed by atoms with Crippen molar-refractivity contribution < 1.29 is 36.2 Å². The molecule has 0 aliphatic rings. The van der Waals surface area contributed by atoms with Crippen molar-refractivity contribution in [3.63, 3.8) is 0 Å². The molecule has 1 rings (SSSR count). The summed E-state index contributed by atoms with van der Waals surface area (Å²) in [6.45, 7) is 1.59. The van der Waals surface area contributed by atoms with Crippen LogP contribution in [0.4, 0.5) is 22.0 Å². The molecular formula is C11H9F5INO3. The first kappa shape index (κ1) is 17.9. The number of carbonyl (C=O) groups is 1. The van der Waals surface area contributed by atoms with Gasteiger partial charge in [0.2, 0.25) is 5.88 Å². The van der Waals surface area contributed by atoms with Crippen molar-refractivity contribution in [2.24, 2.45) is 0 Å². The van der Waals surface area contributed by atoms with Crippen molar-refractivity contribution in [3.8, 4) is 5.88 Å². The molecule has 0 saturated heterocycles. The van der Waals surface area contributed by atoms with Gasteiger partial charge in [0, 0.05) is 17.2 Å². The highest BCUT2D eigenvalue weighted by atomic mass is 127. The third kappa shape index (κ3) is 5.59. The van der Waals surface area contributed by atoms with Gasteiger partial charge in [-0.3, -0.25) is 4.79 Å². The Morgan fingerprint density at radius 1 is 1.43 bits per heavy atom. The maximum absolute atomic E-state index is 12.9. The van der Waals surface area contributed by atoms with Gasteiger partial charge < -0.3 is 9.47 Å². The van der Waals surface area contributed by atoms with Crippen molar-refractivity contribution >= 4 is 28.6 Å². The Hall–Kier alpha value is -1.20. The summed E-state index contributed by atoms with van der Waals surface area (Å²) < 4.78 is 70.1. The topological polar surface area (TPSA) is 48.4 Å². The third-order valence-corrected chi connectivity index (χ3v) is 3.06. The number of hydrogen-bond acceptors (Lipinski definition) is 4. The second-order valence-corrected chi connectivity index (χ2v) is 4.67. The summed E-state index contributed by atoms with van der Waals surface area (Å²) in [6.07, 6.45) is -8.63. The molecule has 1 aromatic rings. The highest BCUT2D eigenvalue weighted by Gasteiger charge is 2.33. The molecular weight excluding hydrogens is 416 g/mol. The Bertz CT molecular complexity index is 521. The summed E-state index contributed by atoms with van der Waals surface area (Å²) in [7, 11) is 0. The average Bonchev–Trinajstić information content (AvgIpc) is 2.30. The lowest BCUT2D eigenvalue weighted by atomic mass is 10.1. The number of pyridine rings is 1. The molecule has 0 aliphatic carbocycles. The SMILES string of the molecule is CCOC(=O)Cc1c(C(F)F)cc(OC(F)(F)F)nc1I. The lowest BCUT2D eigenvalue weighted by Gasteiger charge is -2.14. The number of aromatic nitrogens is 1. The van der Waals surface area contributed by atoms with Gasteiger partial charge in [-0.2, -0.15) is 0 Å². The van der Waals surface area contributed by atoms with Gasteiger partial charge in [-0.05, 0) is 29.5 Å². The van der Waals surface area contributed by atoms with Crippen LogP contribution in [-0.2, 0) is 16.0 Å². The molecule has 0 fully saturated rings. The summed E-state index contributed by atoms with van der Waals surface area (Å²) in [5.41, 5.74) is -0.930. The Morgan fingerprint density at radius 3 is 2.52 bits per heavy atom. The predicted molar refractivity (Wildman–Crippen MR) is 68.9 cm³/mol. The number of carbonyl (C=O) groups excluding carboxylic acids is 1. The molecule has 0 atom stereocenters. The largest absolute Gasteiger partial charge is 0.574 e. The molecule has 0 aromatic carbocycles. The number of halogens is 6. The second kappa shape index (κ2) is 7.18. The van der Waals surface area contributed by atoms with E-state index in [1.54, 1.807) is 0 Å². The zero-order valence-corrected chi connectivity index (χ0v) is 12.7. The van der Waals surface area contributed by atoms with E-state index in [2.05, 4.69) is 14.5 Å². The normalized spacial score (nSPS) is 11.6. The molecule has 0 N–H and O–H groups in total. The Balaban J connectivity index is 3.16. The van der Waals surface area contributed by atoms with Crippen molar-refractivity contribution in [2.45, 2.75) is 26.1 Å². The fourth-order valence-electron chi connectivity index (χ4n) is 1.43. The number of rotatable bonds is 5. The lowest BCUT2D eigenvalue weighted by molar-refractivity contribution is -0.276. The molecule has 4 nitrogen and oxygen atoms in total. The molecule has 0 amide bonds. The molecule has 0 bridgehead atoms. The lowest BCUT2D eigenvalue weighted by Crippen LogP contribution is -2.19. The smallest absolute Gasteiger partial charge is 0.466 e. The summed E-state index contributed by atoms with van der Waals surface area (Å²) >= 11 is 1.46. The molecule has 10 heteroatoms. The number of nitrogens with zero attached hydrogens (tertiary/aromatic N) is 1. The van der Waals surface area contributed by atoms with Crippen LogP contribution in [0.15, 0.2) is 6.07 Å². The van der Waals surface area contributed by atoms with Crippen LogP contribution >= 0.6 is 22.6 Å². The van der Waals surface area contributed by atoms with Crippen LogP contribution in [0, 0.1) is 3.70 Å². The van der Waals surface area contributed by atoms with E-state index >= 15 is 0 Å². The van der Waals surface area contributed by atoms with Gasteiger partial charge in [0.05, 0.1) is 13.0 Å². The zero-order chi connectivity index (χ0) is 16.2. The first-order chi connectivity index (χ1) is 9.64. The molecule has 0 saturated carbocycles. The van der Waals surface area contributed by atoms with Crippen molar-refractivity contribution in [1.29, 1.82) is 0 Å². The minimum absolute atomic E-state index is 0.0577. The van der Waals surface area contributed by atoms with Crippen LogP contribution in [0.5, 0.6) is 5.88 Å². The van der Waals surface area contributed by atoms with Crippen molar-refractivity contribution in [1.82, 2.24) is 4.98 Å². The molecule has 0 aliphatic heterocycles. The van der Waals surface area contributed by atoms with Gasteiger partial charge in [0.25, 0.3) is 6.43 Å². The van der Waals surface area contributed by atoms with Crippen molar-refractivity contribution in [2.75, 3.05) is 6.61 Å². The van der Waals surface area contributed by atoms with E-state index in [0.29, 0.717) is 6.07 Å². The number of ether oxygens (including phenoxy) is 2. The quantitative estimate of drug-likeness (QED) is 0.313. The third-order valence-electron chi connectivity index (χ3n) is 2.17. The number of esters is 1. The van der Waals surface area contributed by atoms with Gasteiger partial charge in [0.1, 0.15) is 3.70 Å². The van der Waals surface area contributed by atoms with E-state index in [-0.39, 0.29) is 15.9 Å². The van der Waals surface area contributed by atoms with E-state index in [1.807, 2.05) is 0 Å².